The molecule has 1 aromatic heterocycles. The molecule has 5 heteroatoms. The van der Waals surface area contributed by atoms with Crippen LogP contribution in [0.1, 0.15) is 27.7 Å². The second kappa shape index (κ2) is 5.75. The van der Waals surface area contributed by atoms with Gasteiger partial charge in [-0.2, -0.15) is 0 Å². The molecule has 4 nitrogen and oxygen atoms in total. The van der Waals surface area contributed by atoms with Gasteiger partial charge in [-0.1, -0.05) is 6.92 Å². The summed E-state index contributed by atoms with van der Waals surface area (Å²) >= 11 is 1.60. The number of benzene rings is 1. The number of phenolic OH excluding ortho intramolecular Hbond substituents is 2. The standard InChI is InChI=1S/C14H15NO3S/c1-2-9-3-4-19-13(9)8-15-14(18)10-5-11(16)7-12(17)6-10/h3-7,16-17H,2,8H2,1H3,(H,15,18). The predicted molar refractivity (Wildman–Crippen MR) is 74.6 cm³/mol. The third-order valence-electron chi connectivity index (χ3n) is 2.79. The first-order chi connectivity index (χ1) is 9.10. The van der Waals surface area contributed by atoms with Gasteiger partial charge in [0.1, 0.15) is 11.5 Å². The summed E-state index contributed by atoms with van der Waals surface area (Å²) in [5.41, 5.74) is 1.47. The Morgan fingerprint density at radius 1 is 1.26 bits per heavy atom. The molecule has 19 heavy (non-hydrogen) atoms. The van der Waals surface area contributed by atoms with Crippen LogP contribution in [0.2, 0.25) is 0 Å². The number of carbonyl (C=O) groups excluding carboxylic acids is 1. The van der Waals surface area contributed by atoms with E-state index < -0.39 is 0 Å². The Morgan fingerprint density at radius 2 is 1.95 bits per heavy atom. The molecular weight excluding hydrogens is 262 g/mol. The zero-order valence-corrected chi connectivity index (χ0v) is 11.3. The number of aromatic hydroxyl groups is 2. The second-order valence-electron chi connectivity index (χ2n) is 4.14. The molecule has 0 bridgehead atoms. The maximum Gasteiger partial charge on any atom is 0.251 e. The van der Waals surface area contributed by atoms with Crippen LogP contribution in [0.4, 0.5) is 0 Å². The molecule has 0 unspecified atom stereocenters. The summed E-state index contributed by atoms with van der Waals surface area (Å²) in [5, 5.41) is 23.5. The Bertz CT molecular complexity index is 572. The van der Waals surface area contributed by atoms with Gasteiger partial charge in [0, 0.05) is 16.5 Å². The average Bonchev–Trinajstić information content (AvgIpc) is 2.82. The van der Waals surface area contributed by atoms with Gasteiger partial charge in [0.25, 0.3) is 5.91 Å². The van der Waals surface area contributed by atoms with Crippen LogP contribution in [0.15, 0.2) is 29.6 Å². The monoisotopic (exact) mass is 277 g/mol. The summed E-state index contributed by atoms with van der Waals surface area (Å²) in [5.74, 6) is -0.576. The molecule has 1 aromatic carbocycles. The van der Waals surface area contributed by atoms with Crippen molar-refractivity contribution in [2.45, 2.75) is 19.9 Å². The van der Waals surface area contributed by atoms with E-state index >= 15 is 0 Å². The van der Waals surface area contributed by atoms with Crippen LogP contribution in [0, 0.1) is 0 Å². The molecule has 3 N–H and O–H groups in total. The van der Waals surface area contributed by atoms with E-state index in [1.165, 1.54) is 23.8 Å². The van der Waals surface area contributed by atoms with Crippen molar-refractivity contribution < 1.29 is 15.0 Å². The minimum Gasteiger partial charge on any atom is -0.508 e. The molecule has 0 saturated heterocycles. The normalized spacial score (nSPS) is 10.4. The zero-order valence-electron chi connectivity index (χ0n) is 10.5. The van der Waals surface area contributed by atoms with Gasteiger partial charge in [-0.25, -0.2) is 0 Å². The van der Waals surface area contributed by atoms with Gasteiger partial charge in [0.2, 0.25) is 0 Å². The van der Waals surface area contributed by atoms with Crippen molar-refractivity contribution in [1.82, 2.24) is 5.32 Å². The Balaban J connectivity index is 2.05. The van der Waals surface area contributed by atoms with Crippen LogP contribution >= 0.6 is 11.3 Å². The smallest absolute Gasteiger partial charge is 0.251 e. The number of hydrogen-bond donors (Lipinski definition) is 3. The van der Waals surface area contributed by atoms with Crippen LogP contribution in [0.3, 0.4) is 0 Å². The number of nitrogens with one attached hydrogen (secondary N) is 1. The minimum atomic E-state index is -0.318. The van der Waals surface area contributed by atoms with Gasteiger partial charge in [0.05, 0.1) is 6.54 Å². The summed E-state index contributed by atoms with van der Waals surface area (Å²) in [7, 11) is 0. The highest BCUT2D eigenvalue weighted by atomic mass is 32.1. The molecule has 0 fully saturated rings. The highest BCUT2D eigenvalue weighted by molar-refractivity contribution is 7.10. The van der Waals surface area contributed by atoms with Crippen LogP contribution in [0.25, 0.3) is 0 Å². The second-order valence-corrected chi connectivity index (χ2v) is 5.14. The summed E-state index contributed by atoms with van der Waals surface area (Å²) in [6, 6.07) is 5.88. The van der Waals surface area contributed by atoms with Crippen molar-refractivity contribution in [3.05, 3.63) is 45.6 Å². The molecule has 2 rings (SSSR count). The first kappa shape index (κ1) is 13.4. The van der Waals surface area contributed by atoms with E-state index in [0.29, 0.717) is 6.54 Å². The first-order valence-electron chi connectivity index (χ1n) is 5.96. The lowest BCUT2D eigenvalue weighted by molar-refractivity contribution is 0.0950. The molecule has 0 spiro atoms. The molecule has 0 aliphatic rings. The van der Waals surface area contributed by atoms with E-state index in [1.807, 2.05) is 11.4 Å². The lowest BCUT2D eigenvalue weighted by Crippen LogP contribution is -2.22. The Labute approximate surface area is 115 Å². The van der Waals surface area contributed by atoms with Gasteiger partial charge >= 0.3 is 0 Å². The molecule has 1 amide bonds. The van der Waals surface area contributed by atoms with Crippen molar-refractivity contribution in [2.75, 3.05) is 0 Å². The van der Waals surface area contributed by atoms with E-state index in [-0.39, 0.29) is 23.0 Å². The van der Waals surface area contributed by atoms with Gasteiger partial charge in [-0.3, -0.25) is 4.79 Å². The van der Waals surface area contributed by atoms with Gasteiger partial charge in [-0.15, -0.1) is 11.3 Å². The number of carbonyl (C=O) groups is 1. The summed E-state index contributed by atoms with van der Waals surface area (Å²) in [4.78, 5) is 13.0. The van der Waals surface area contributed by atoms with Crippen LogP contribution < -0.4 is 5.32 Å². The fourth-order valence-electron chi connectivity index (χ4n) is 1.83. The number of phenols is 2. The molecule has 0 radical (unpaired) electrons. The molecule has 0 aliphatic heterocycles. The molecule has 2 aromatic rings. The SMILES string of the molecule is CCc1ccsc1CNC(=O)c1cc(O)cc(O)c1. The number of hydrogen-bond acceptors (Lipinski definition) is 4. The average molecular weight is 277 g/mol. The lowest BCUT2D eigenvalue weighted by atomic mass is 10.1. The number of amides is 1. The van der Waals surface area contributed by atoms with Crippen molar-refractivity contribution in [3.8, 4) is 11.5 Å². The van der Waals surface area contributed by atoms with Crippen molar-refractivity contribution >= 4 is 17.2 Å². The zero-order chi connectivity index (χ0) is 13.8. The molecule has 100 valence electrons. The fraction of sp³-hybridized carbons (Fsp3) is 0.214. The Morgan fingerprint density at radius 3 is 2.58 bits per heavy atom. The van der Waals surface area contributed by atoms with Crippen LogP contribution in [0.5, 0.6) is 11.5 Å². The highest BCUT2D eigenvalue weighted by Gasteiger charge is 2.09. The van der Waals surface area contributed by atoms with Gasteiger partial charge in [0.15, 0.2) is 0 Å². The highest BCUT2D eigenvalue weighted by Crippen LogP contribution is 2.21. The summed E-state index contributed by atoms with van der Waals surface area (Å²) in [6.45, 7) is 2.52. The lowest BCUT2D eigenvalue weighted by Gasteiger charge is -2.06. The maximum absolute atomic E-state index is 11.9. The Hall–Kier alpha value is -2.01. The number of rotatable bonds is 4. The predicted octanol–water partition coefficient (Wildman–Crippen LogP) is 2.65. The fourth-order valence-corrected chi connectivity index (χ4v) is 2.74. The van der Waals surface area contributed by atoms with Crippen molar-refractivity contribution in [3.63, 3.8) is 0 Å². The summed E-state index contributed by atoms with van der Waals surface area (Å²) < 4.78 is 0. The topological polar surface area (TPSA) is 69.6 Å². The van der Waals surface area contributed by atoms with E-state index in [4.69, 9.17) is 0 Å². The van der Waals surface area contributed by atoms with Gasteiger partial charge < -0.3 is 15.5 Å². The van der Waals surface area contributed by atoms with Crippen LogP contribution in [-0.4, -0.2) is 16.1 Å². The number of aryl methyl sites for hydroxylation is 1. The quantitative estimate of drug-likeness (QED) is 0.804. The largest absolute Gasteiger partial charge is 0.508 e. The van der Waals surface area contributed by atoms with E-state index in [1.54, 1.807) is 11.3 Å². The summed E-state index contributed by atoms with van der Waals surface area (Å²) in [6.07, 6.45) is 0.932. The molecule has 0 atom stereocenters. The molecular formula is C14H15NO3S. The van der Waals surface area contributed by atoms with Crippen molar-refractivity contribution in [2.24, 2.45) is 0 Å². The van der Waals surface area contributed by atoms with Gasteiger partial charge in [-0.05, 0) is 35.6 Å². The Kier molecular flexibility index (Phi) is 4.06. The first-order valence-corrected chi connectivity index (χ1v) is 6.84. The molecule has 0 aliphatic carbocycles. The minimum absolute atomic E-state index is 0.129. The third-order valence-corrected chi connectivity index (χ3v) is 3.76. The van der Waals surface area contributed by atoms with E-state index in [2.05, 4.69) is 12.2 Å². The van der Waals surface area contributed by atoms with Crippen molar-refractivity contribution in [1.29, 1.82) is 0 Å². The molecule has 0 saturated carbocycles. The van der Waals surface area contributed by atoms with Crippen LogP contribution in [-0.2, 0) is 13.0 Å². The van der Waals surface area contributed by atoms with E-state index in [0.717, 1.165) is 11.3 Å². The molecule has 1 heterocycles. The maximum atomic E-state index is 11.9. The number of thiophene rings is 1. The third kappa shape index (κ3) is 3.26. The van der Waals surface area contributed by atoms with E-state index in [9.17, 15) is 15.0 Å².